The zero-order valence-corrected chi connectivity index (χ0v) is 12.4. The summed E-state index contributed by atoms with van der Waals surface area (Å²) in [5, 5.41) is 4.46. The van der Waals surface area contributed by atoms with Crippen LogP contribution in [0.1, 0.15) is 40.9 Å². The van der Waals surface area contributed by atoms with Gasteiger partial charge in [0.2, 0.25) is 0 Å². The minimum absolute atomic E-state index is 0.0438. The van der Waals surface area contributed by atoms with Crippen LogP contribution in [-0.4, -0.2) is 43.6 Å². The number of piperidine rings is 1. The standard InChI is InChI=1S/C15H19N5O/c1-11-17-12(2)20(18-11)14-6-4-8-19(10-14)15(21)13-5-3-7-16-9-13/h3,5,7,9,14H,4,6,8,10H2,1-2H3/t14-/m0/s1. The van der Waals surface area contributed by atoms with Gasteiger partial charge in [-0.05, 0) is 38.8 Å². The molecule has 0 radical (unpaired) electrons. The van der Waals surface area contributed by atoms with Crippen LogP contribution < -0.4 is 0 Å². The molecule has 1 atom stereocenters. The van der Waals surface area contributed by atoms with Crippen molar-refractivity contribution in [3.8, 4) is 0 Å². The van der Waals surface area contributed by atoms with Gasteiger partial charge in [0.25, 0.3) is 5.91 Å². The van der Waals surface area contributed by atoms with E-state index in [1.165, 1.54) is 0 Å². The summed E-state index contributed by atoms with van der Waals surface area (Å²) < 4.78 is 1.96. The zero-order chi connectivity index (χ0) is 14.8. The van der Waals surface area contributed by atoms with E-state index in [-0.39, 0.29) is 11.9 Å². The highest BCUT2D eigenvalue weighted by atomic mass is 16.2. The number of aryl methyl sites for hydroxylation is 2. The van der Waals surface area contributed by atoms with E-state index in [2.05, 4.69) is 15.1 Å². The molecule has 2 aromatic rings. The van der Waals surface area contributed by atoms with Crippen molar-refractivity contribution in [2.24, 2.45) is 0 Å². The Hall–Kier alpha value is -2.24. The molecule has 2 aromatic heterocycles. The molecule has 0 unspecified atom stereocenters. The highest BCUT2D eigenvalue weighted by molar-refractivity contribution is 5.93. The fourth-order valence-electron chi connectivity index (χ4n) is 2.89. The van der Waals surface area contributed by atoms with Crippen molar-refractivity contribution >= 4 is 5.91 Å². The molecule has 1 saturated heterocycles. The van der Waals surface area contributed by atoms with Gasteiger partial charge in [0, 0.05) is 25.5 Å². The first-order valence-electron chi connectivity index (χ1n) is 7.24. The summed E-state index contributed by atoms with van der Waals surface area (Å²) in [5.41, 5.74) is 0.643. The third kappa shape index (κ3) is 2.79. The average Bonchev–Trinajstić information content (AvgIpc) is 2.86. The number of hydrogen-bond donors (Lipinski definition) is 0. The van der Waals surface area contributed by atoms with Gasteiger partial charge in [-0.1, -0.05) is 0 Å². The monoisotopic (exact) mass is 285 g/mol. The maximum absolute atomic E-state index is 12.5. The van der Waals surface area contributed by atoms with E-state index in [0.717, 1.165) is 31.0 Å². The molecule has 3 rings (SSSR count). The molecule has 0 aromatic carbocycles. The minimum Gasteiger partial charge on any atom is -0.336 e. The van der Waals surface area contributed by atoms with Crippen LogP contribution >= 0.6 is 0 Å². The summed E-state index contributed by atoms with van der Waals surface area (Å²) in [7, 11) is 0. The molecule has 0 bridgehead atoms. The summed E-state index contributed by atoms with van der Waals surface area (Å²) in [6.07, 6.45) is 5.31. The lowest BCUT2D eigenvalue weighted by molar-refractivity contribution is 0.0671. The largest absolute Gasteiger partial charge is 0.336 e. The number of carbonyl (C=O) groups excluding carboxylic acids is 1. The Morgan fingerprint density at radius 3 is 2.90 bits per heavy atom. The normalized spacial score (nSPS) is 18.8. The number of pyridine rings is 1. The lowest BCUT2D eigenvalue weighted by Crippen LogP contribution is -2.41. The molecule has 21 heavy (non-hydrogen) atoms. The van der Waals surface area contributed by atoms with Crippen molar-refractivity contribution < 1.29 is 4.79 Å². The van der Waals surface area contributed by atoms with Gasteiger partial charge in [-0.2, -0.15) is 5.10 Å². The second-order valence-corrected chi connectivity index (χ2v) is 5.44. The Morgan fingerprint density at radius 1 is 1.38 bits per heavy atom. The van der Waals surface area contributed by atoms with Crippen LogP contribution in [0, 0.1) is 13.8 Å². The van der Waals surface area contributed by atoms with Crippen LogP contribution in [0.25, 0.3) is 0 Å². The van der Waals surface area contributed by atoms with Crippen molar-refractivity contribution in [3.63, 3.8) is 0 Å². The highest BCUT2D eigenvalue weighted by Crippen LogP contribution is 2.23. The molecule has 0 N–H and O–H groups in total. The summed E-state index contributed by atoms with van der Waals surface area (Å²) in [6, 6.07) is 3.81. The Bertz CT molecular complexity index is 637. The Kier molecular flexibility index (Phi) is 3.68. The van der Waals surface area contributed by atoms with Gasteiger partial charge in [-0.25, -0.2) is 9.67 Å². The fourth-order valence-corrected chi connectivity index (χ4v) is 2.89. The van der Waals surface area contributed by atoms with Gasteiger partial charge in [0.15, 0.2) is 0 Å². The van der Waals surface area contributed by atoms with E-state index < -0.39 is 0 Å². The fraction of sp³-hybridized carbons (Fsp3) is 0.467. The summed E-state index contributed by atoms with van der Waals surface area (Å²) in [5.74, 6) is 1.73. The predicted octanol–water partition coefficient (Wildman–Crippen LogP) is 1.77. The number of likely N-dealkylation sites (tertiary alicyclic amines) is 1. The lowest BCUT2D eigenvalue weighted by Gasteiger charge is -2.33. The van der Waals surface area contributed by atoms with Crippen molar-refractivity contribution in [1.82, 2.24) is 24.6 Å². The van der Waals surface area contributed by atoms with E-state index in [0.29, 0.717) is 12.1 Å². The molecule has 1 aliphatic heterocycles. The van der Waals surface area contributed by atoms with E-state index >= 15 is 0 Å². The van der Waals surface area contributed by atoms with E-state index in [1.54, 1.807) is 18.5 Å². The molecule has 0 saturated carbocycles. The topological polar surface area (TPSA) is 63.9 Å². The van der Waals surface area contributed by atoms with Gasteiger partial charge in [-0.3, -0.25) is 9.78 Å². The first-order valence-corrected chi connectivity index (χ1v) is 7.24. The van der Waals surface area contributed by atoms with Gasteiger partial charge < -0.3 is 4.90 Å². The SMILES string of the molecule is Cc1nc(C)n([C@H]2CCCN(C(=O)c3cccnc3)C2)n1. The van der Waals surface area contributed by atoms with E-state index in [1.807, 2.05) is 29.5 Å². The van der Waals surface area contributed by atoms with Gasteiger partial charge in [-0.15, -0.1) is 0 Å². The van der Waals surface area contributed by atoms with Crippen LogP contribution in [0.5, 0.6) is 0 Å². The van der Waals surface area contributed by atoms with Crippen LogP contribution in [0.2, 0.25) is 0 Å². The summed E-state index contributed by atoms with van der Waals surface area (Å²) in [6.45, 7) is 5.32. The van der Waals surface area contributed by atoms with Gasteiger partial charge in [0.05, 0.1) is 11.6 Å². The Morgan fingerprint density at radius 2 is 2.24 bits per heavy atom. The number of nitrogens with zero attached hydrogens (tertiary/aromatic N) is 5. The first-order chi connectivity index (χ1) is 10.1. The highest BCUT2D eigenvalue weighted by Gasteiger charge is 2.27. The van der Waals surface area contributed by atoms with Gasteiger partial charge >= 0.3 is 0 Å². The van der Waals surface area contributed by atoms with Crippen molar-refractivity contribution in [2.75, 3.05) is 13.1 Å². The van der Waals surface area contributed by atoms with Crippen LogP contribution in [0.3, 0.4) is 0 Å². The first kappa shape index (κ1) is 13.7. The molecule has 1 fully saturated rings. The van der Waals surface area contributed by atoms with E-state index in [4.69, 9.17) is 0 Å². The molecule has 6 heteroatoms. The lowest BCUT2D eigenvalue weighted by atomic mass is 10.0. The van der Waals surface area contributed by atoms with Crippen LogP contribution in [-0.2, 0) is 0 Å². The molecule has 1 amide bonds. The molecule has 110 valence electrons. The third-order valence-corrected chi connectivity index (χ3v) is 3.85. The van der Waals surface area contributed by atoms with Crippen LogP contribution in [0.4, 0.5) is 0 Å². The maximum atomic E-state index is 12.5. The number of carbonyl (C=O) groups is 1. The van der Waals surface area contributed by atoms with Gasteiger partial charge in [0.1, 0.15) is 11.6 Å². The third-order valence-electron chi connectivity index (χ3n) is 3.85. The second kappa shape index (κ2) is 5.63. The number of hydrogen-bond acceptors (Lipinski definition) is 4. The number of amides is 1. The molecule has 0 aliphatic carbocycles. The van der Waals surface area contributed by atoms with Crippen molar-refractivity contribution in [1.29, 1.82) is 0 Å². The Labute approximate surface area is 123 Å². The minimum atomic E-state index is 0.0438. The average molecular weight is 285 g/mol. The Balaban J connectivity index is 1.77. The molecule has 6 nitrogen and oxygen atoms in total. The molecule has 1 aliphatic rings. The quantitative estimate of drug-likeness (QED) is 0.843. The molecule has 3 heterocycles. The molecule has 0 spiro atoms. The molecular weight excluding hydrogens is 266 g/mol. The number of aromatic nitrogens is 4. The smallest absolute Gasteiger partial charge is 0.255 e. The predicted molar refractivity (Wildman–Crippen MR) is 77.9 cm³/mol. The summed E-state index contributed by atoms with van der Waals surface area (Å²) >= 11 is 0. The zero-order valence-electron chi connectivity index (χ0n) is 12.4. The summed E-state index contributed by atoms with van der Waals surface area (Å²) in [4.78, 5) is 22.8. The second-order valence-electron chi connectivity index (χ2n) is 5.44. The van der Waals surface area contributed by atoms with E-state index in [9.17, 15) is 4.79 Å². The van der Waals surface area contributed by atoms with Crippen molar-refractivity contribution in [2.45, 2.75) is 32.7 Å². The maximum Gasteiger partial charge on any atom is 0.255 e. The molecular formula is C15H19N5O. The van der Waals surface area contributed by atoms with Crippen LogP contribution in [0.15, 0.2) is 24.5 Å². The van der Waals surface area contributed by atoms with Crippen molar-refractivity contribution in [3.05, 3.63) is 41.7 Å². The number of rotatable bonds is 2.